The Labute approximate surface area is 128 Å². The molecule has 0 unspecified atom stereocenters. The van der Waals surface area contributed by atoms with Crippen molar-refractivity contribution in [3.8, 4) is 0 Å². The number of nitrogens with zero attached hydrogens (tertiary/aromatic N) is 3. The van der Waals surface area contributed by atoms with Crippen molar-refractivity contribution in [1.82, 2.24) is 14.8 Å². The highest BCUT2D eigenvalue weighted by Crippen LogP contribution is 2.16. The van der Waals surface area contributed by atoms with Crippen LogP contribution in [0.1, 0.15) is 37.0 Å². The van der Waals surface area contributed by atoms with Crippen molar-refractivity contribution in [3.05, 3.63) is 24.0 Å². The fourth-order valence-electron chi connectivity index (χ4n) is 2.05. The molecule has 5 heteroatoms. The third-order valence-electron chi connectivity index (χ3n) is 3.21. The Hall–Kier alpha value is -1.62. The number of hydrogen-bond acceptors (Lipinski definition) is 4. The predicted molar refractivity (Wildman–Crippen MR) is 87.8 cm³/mol. The van der Waals surface area contributed by atoms with Crippen LogP contribution in [0.2, 0.25) is 0 Å². The van der Waals surface area contributed by atoms with E-state index in [-0.39, 0.29) is 5.91 Å². The second-order valence-electron chi connectivity index (χ2n) is 5.44. The first kappa shape index (κ1) is 17.4. The zero-order valence-corrected chi connectivity index (χ0v) is 13.7. The van der Waals surface area contributed by atoms with Gasteiger partial charge < -0.3 is 15.1 Å². The predicted octanol–water partition coefficient (Wildman–Crippen LogP) is 2.32. The maximum absolute atomic E-state index is 12.8. The lowest BCUT2D eigenvalue weighted by atomic mass is 10.2. The average Bonchev–Trinajstić information content (AvgIpc) is 2.48. The molecule has 0 aliphatic heterocycles. The fourth-order valence-corrected chi connectivity index (χ4v) is 2.05. The molecule has 0 aliphatic rings. The molecule has 0 bridgehead atoms. The third kappa shape index (κ3) is 5.71. The summed E-state index contributed by atoms with van der Waals surface area (Å²) in [6, 6.07) is 1.87. The summed E-state index contributed by atoms with van der Waals surface area (Å²) in [5, 5.41) is 3.31. The van der Waals surface area contributed by atoms with Gasteiger partial charge in [0.05, 0.1) is 11.3 Å². The van der Waals surface area contributed by atoms with Crippen molar-refractivity contribution in [3.63, 3.8) is 0 Å². The molecule has 0 fully saturated rings. The molecule has 1 N–H and O–H groups in total. The van der Waals surface area contributed by atoms with Gasteiger partial charge in [0.15, 0.2) is 0 Å². The van der Waals surface area contributed by atoms with E-state index in [2.05, 4.69) is 29.0 Å². The Morgan fingerprint density at radius 1 is 1.19 bits per heavy atom. The molecular weight excluding hydrogens is 264 g/mol. The van der Waals surface area contributed by atoms with Gasteiger partial charge in [-0.1, -0.05) is 13.8 Å². The summed E-state index contributed by atoms with van der Waals surface area (Å²) < 4.78 is 0. The second kappa shape index (κ2) is 9.34. The number of rotatable bonds is 9. The third-order valence-corrected chi connectivity index (χ3v) is 3.21. The molecule has 0 radical (unpaired) electrons. The molecule has 0 saturated heterocycles. The van der Waals surface area contributed by atoms with E-state index in [4.69, 9.17) is 0 Å². The van der Waals surface area contributed by atoms with Gasteiger partial charge in [-0.3, -0.25) is 9.78 Å². The van der Waals surface area contributed by atoms with E-state index in [1.54, 1.807) is 12.4 Å². The highest BCUT2D eigenvalue weighted by molar-refractivity contribution is 5.99. The van der Waals surface area contributed by atoms with Crippen LogP contribution in [0.4, 0.5) is 5.69 Å². The molecule has 0 atom stereocenters. The van der Waals surface area contributed by atoms with Crippen molar-refractivity contribution in [2.24, 2.45) is 0 Å². The monoisotopic (exact) mass is 292 g/mol. The van der Waals surface area contributed by atoms with Gasteiger partial charge >= 0.3 is 0 Å². The van der Waals surface area contributed by atoms with Crippen LogP contribution in [0.5, 0.6) is 0 Å². The highest BCUT2D eigenvalue weighted by Gasteiger charge is 2.18. The zero-order chi connectivity index (χ0) is 15.7. The Morgan fingerprint density at radius 3 is 2.57 bits per heavy atom. The normalized spacial score (nSPS) is 10.7. The lowest BCUT2D eigenvalue weighted by molar-refractivity contribution is 0.0745. The van der Waals surface area contributed by atoms with Crippen LogP contribution in [0, 0.1) is 0 Å². The molecule has 21 heavy (non-hydrogen) atoms. The van der Waals surface area contributed by atoms with Crippen molar-refractivity contribution >= 4 is 11.6 Å². The largest absolute Gasteiger partial charge is 0.384 e. The molecule has 0 aromatic carbocycles. The lowest BCUT2D eigenvalue weighted by Crippen LogP contribution is -2.37. The smallest absolute Gasteiger partial charge is 0.257 e. The molecule has 1 amide bonds. The first-order valence-electron chi connectivity index (χ1n) is 7.72. The second-order valence-corrected chi connectivity index (χ2v) is 5.44. The summed E-state index contributed by atoms with van der Waals surface area (Å²) in [7, 11) is 4.04. The van der Waals surface area contributed by atoms with Crippen LogP contribution in [-0.2, 0) is 0 Å². The van der Waals surface area contributed by atoms with Crippen molar-refractivity contribution in [2.45, 2.75) is 26.7 Å². The minimum absolute atomic E-state index is 0.0606. The maximum atomic E-state index is 12.8. The number of carbonyl (C=O) groups excluding carboxylic acids is 1. The number of pyridine rings is 1. The lowest BCUT2D eigenvalue weighted by Gasteiger charge is -2.25. The zero-order valence-electron chi connectivity index (χ0n) is 13.7. The molecular formula is C16H28N4O. The molecule has 1 aromatic rings. The van der Waals surface area contributed by atoms with E-state index in [0.29, 0.717) is 5.56 Å². The summed E-state index contributed by atoms with van der Waals surface area (Å²) in [6.07, 6.45) is 5.36. The minimum Gasteiger partial charge on any atom is -0.384 e. The summed E-state index contributed by atoms with van der Waals surface area (Å²) in [5.74, 6) is 0.0606. The van der Waals surface area contributed by atoms with Gasteiger partial charge in [0.1, 0.15) is 0 Å². The summed E-state index contributed by atoms with van der Waals surface area (Å²) in [4.78, 5) is 20.9. The number of likely N-dealkylation sites (N-methyl/N-ethyl adjacent to an activating group) is 1. The number of aromatic nitrogens is 1. The van der Waals surface area contributed by atoms with Gasteiger partial charge in [0.2, 0.25) is 0 Å². The van der Waals surface area contributed by atoms with E-state index < -0.39 is 0 Å². The van der Waals surface area contributed by atoms with Gasteiger partial charge in [-0.15, -0.1) is 0 Å². The van der Waals surface area contributed by atoms with Crippen LogP contribution in [0.15, 0.2) is 18.5 Å². The molecule has 1 heterocycles. The molecule has 0 aliphatic carbocycles. The maximum Gasteiger partial charge on any atom is 0.257 e. The van der Waals surface area contributed by atoms with Crippen LogP contribution < -0.4 is 5.32 Å². The molecule has 1 aromatic heterocycles. The average molecular weight is 292 g/mol. The van der Waals surface area contributed by atoms with Crippen molar-refractivity contribution in [1.29, 1.82) is 0 Å². The van der Waals surface area contributed by atoms with Crippen LogP contribution in [0.25, 0.3) is 0 Å². The molecule has 5 nitrogen and oxygen atoms in total. The van der Waals surface area contributed by atoms with Gasteiger partial charge in [0.25, 0.3) is 5.91 Å². The highest BCUT2D eigenvalue weighted by atomic mass is 16.2. The van der Waals surface area contributed by atoms with Crippen LogP contribution >= 0.6 is 0 Å². The van der Waals surface area contributed by atoms with E-state index in [1.165, 1.54) is 0 Å². The molecule has 1 rings (SSSR count). The minimum atomic E-state index is 0.0606. The quantitative estimate of drug-likeness (QED) is 0.759. The van der Waals surface area contributed by atoms with Crippen LogP contribution in [-0.4, -0.2) is 61.0 Å². The van der Waals surface area contributed by atoms with E-state index in [0.717, 1.165) is 44.7 Å². The first-order chi connectivity index (χ1) is 10.1. The first-order valence-corrected chi connectivity index (χ1v) is 7.72. The summed E-state index contributed by atoms with van der Waals surface area (Å²) >= 11 is 0. The van der Waals surface area contributed by atoms with E-state index in [9.17, 15) is 4.79 Å². The van der Waals surface area contributed by atoms with Crippen molar-refractivity contribution in [2.75, 3.05) is 45.6 Å². The van der Waals surface area contributed by atoms with Gasteiger partial charge in [-0.05, 0) is 33.0 Å². The standard InChI is InChI=1S/C16H28N4O/c1-5-8-18-15-7-9-17-13-14(15)16(21)20(10-6-2)12-11-19(3)4/h7,9,13H,5-6,8,10-12H2,1-4H3,(H,17,18). The van der Waals surface area contributed by atoms with Gasteiger partial charge in [-0.2, -0.15) is 0 Å². The van der Waals surface area contributed by atoms with E-state index in [1.807, 2.05) is 25.1 Å². The number of carbonyl (C=O) groups is 1. The van der Waals surface area contributed by atoms with Crippen LogP contribution in [0.3, 0.4) is 0 Å². The number of anilines is 1. The fraction of sp³-hybridized carbons (Fsp3) is 0.625. The van der Waals surface area contributed by atoms with Gasteiger partial charge in [-0.25, -0.2) is 0 Å². The van der Waals surface area contributed by atoms with Crippen molar-refractivity contribution < 1.29 is 4.79 Å². The number of hydrogen-bond donors (Lipinski definition) is 1. The topological polar surface area (TPSA) is 48.5 Å². The molecule has 118 valence electrons. The Kier molecular flexibility index (Phi) is 7.75. The summed E-state index contributed by atoms with van der Waals surface area (Å²) in [5.41, 5.74) is 1.54. The SMILES string of the molecule is CCCNc1ccncc1C(=O)N(CCC)CCN(C)C. The van der Waals surface area contributed by atoms with E-state index >= 15 is 0 Å². The summed E-state index contributed by atoms with van der Waals surface area (Å²) in [6.45, 7) is 7.43. The Bertz CT molecular complexity index is 434. The number of amides is 1. The van der Waals surface area contributed by atoms with Gasteiger partial charge in [0, 0.05) is 38.6 Å². The molecule has 0 spiro atoms. The Balaban J connectivity index is 2.86. The Morgan fingerprint density at radius 2 is 1.95 bits per heavy atom. The number of nitrogens with one attached hydrogen (secondary N) is 1. The molecule has 0 saturated carbocycles.